The van der Waals surface area contributed by atoms with Gasteiger partial charge in [0.1, 0.15) is 0 Å². The first-order valence-electron chi connectivity index (χ1n) is 9.87. The molecule has 4 rings (SSSR count). The van der Waals surface area contributed by atoms with Crippen LogP contribution in [0.2, 0.25) is 0 Å². The molecule has 0 atom stereocenters. The fraction of sp³-hybridized carbons (Fsp3) is 0.273. The monoisotopic (exact) mass is 443 g/mol. The molecule has 1 aliphatic rings. The summed E-state index contributed by atoms with van der Waals surface area (Å²) in [6.45, 7) is 1.24. The number of carboxylic acids is 2. The van der Waals surface area contributed by atoms with E-state index in [0.29, 0.717) is 25.2 Å². The Labute approximate surface area is 181 Å². The molecule has 166 valence electrons. The number of halogens is 2. The van der Waals surface area contributed by atoms with Gasteiger partial charge in [-0.25, -0.2) is 8.78 Å². The second-order valence-electron chi connectivity index (χ2n) is 7.69. The number of carbonyl (C=O) groups is 2. The lowest BCUT2D eigenvalue weighted by molar-refractivity contribution is -0.168. The minimum atomic E-state index is -1.72. The number of aromatic nitrogens is 2. The third-order valence-electron chi connectivity index (χ3n) is 5.75. The maximum atomic E-state index is 13.9. The molecule has 0 aliphatic carbocycles. The smallest absolute Gasteiger partial charge is 0.321 e. The van der Waals surface area contributed by atoms with Crippen molar-refractivity contribution in [3.8, 4) is 22.8 Å². The lowest BCUT2D eigenvalue weighted by Crippen LogP contribution is -2.48. The summed E-state index contributed by atoms with van der Waals surface area (Å²) >= 11 is 0. The van der Waals surface area contributed by atoms with Gasteiger partial charge in [-0.15, -0.1) is 0 Å². The average molecular weight is 443 g/mol. The molecule has 1 saturated heterocycles. The topological polar surface area (TPSA) is 117 Å². The van der Waals surface area contributed by atoms with Gasteiger partial charge in [0.25, 0.3) is 5.89 Å². The van der Waals surface area contributed by atoms with Gasteiger partial charge >= 0.3 is 11.9 Å². The lowest BCUT2D eigenvalue weighted by Gasteiger charge is -2.36. The highest BCUT2D eigenvalue weighted by Gasteiger charge is 2.48. The lowest BCUT2D eigenvalue weighted by atomic mass is 9.78. The first-order valence-corrected chi connectivity index (χ1v) is 9.87. The Morgan fingerprint density at radius 3 is 2.31 bits per heavy atom. The minimum Gasteiger partial charge on any atom is -0.480 e. The van der Waals surface area contributed by atoms with Crippen molar-refractivity contribution in [3.05, 3.63) is 59.7 Å². The van der Waals surface area contributed by atoms with Crippen LogP contribution in [0.4, 0.5) is 8.78 Å². The number of aliphatic carboxylic acids is 2. The molecule has 0 bridgehead atoms. The van der Waals surface area contributed by atoms with E-state index in [1.807, 2.05) is 17.0 Å². The highest BCUT2D eigenvalue weighted by Crippen LogP contribution is 2.33. The van der Waals surface area contributed by atoms with Gasteiger partial charge in [0, 0.05) is 25.2 Å². The van der Waals surface area contributed by atoms with Crippen molar-refractivity contribution in [2.24, 2.45) is 5.41 Å². The van der Waals surface area contributed by atoms with Crippen molar-refractivity contribution >= 4 is 11.9 Å². The van der Waals surface area contributed by atoms with Crippen LogP contribution in [0.3, 0.4) is 0 Å². The highest BCUT2D eigenvalue weighted by molar-refractivity contribution is 5.98. The van der Waals surface area contributed by atoms with E-state index in [1.165, 1.54) is 12.1 Å². The van der Waals surface area contributed by atoms with Crippen molar-refractivity contribution < 1.29 is 33.1 Å². The summed E-state index contributed by atoms with van der Waals surface area (Å²) in [5.41, 5.74) is -0.288. The van der Waals surface area contributed by atoms with Crippen LogP contribution < -0.4 is 0 Å². The maximum Gasteiger partial charge on any atom is 0.321 e. The van der Waals surface area contributed by atoms with Gasteiger partial charge in [0.15, 0.2) is 17.0 Å². The van der Waals surface area contributed by atoms with Crippen LogP contribution in [0, 0.1) is 17.0 Å². The molecule has 8 nitrogen and oxygen atoms in total. The quantitative estimate of drug-likeness (QED) is 0.557. The number of likely N-dealkylation sites (tertiary alicyclic amines) is 1. The second kappa shape index (κ2) is 8.46. The zero-order valence-electron chi connectivity index (χ0n) is 16.8. The van der Waals surface area contributed by atoms with Crippen LogP contribution in [-0.4, -0.2) is 50.3 Å². The SMILES string of the molecule is O=C(O)C1(C(=O)O)CCN(Cc2ccc(-c3noc(-c4cccc(F)c4F)n3)cc2)CC1. The summed E-state index contributed by atoms with van der Waals surface area (Å²) in [6.07, 6.45) is 0.0794. The van der Waals surface area contributed by atoms with Crippen molar-refractivity contribution in [3.63, 3.8) is 0 Å². The van der Waals surface area contributed by atoms with Gasteiger partial charge in [-0.3, -0.25) is 14.5 Å². The molecule has 2 aromatic carbocycles. The molecule has 0 saturated carbocycles. The zero-order valence-corrected chi connectivity index (χ0v) is 16.8. The normalized spacial score (nSPS) is 16.1. The molecule has 1 fully saturated rings. The van der Waals surface area contributed by atoms with Gasteiger partial charge < -0.3 is 14.7 Å². The number of piperidine rings is 1. The standard InChI is InChI=1S/C22H19F2N3O5/c23-16-3-1-2-15(17(16)24)19-25-18(26-32-19)14-6-4-13(5-7-14)12-27-10-8-22(9-11-27,20(28)29)21(30)31/h1-7H,8-12H2,(H,28,29)(H,30,31). The van der Waals surface area contributed by atoms with Gasteiger partial charge in [0.05, 0.1) is 5.56 Å². The number of hydrogen-bond donors (Lipinski definition) is 2. The summed E-state index contributed by atoms with van der Waals surface area (Å²) in [5, 5.41) is 22.5. The number of rotatable bonds is 6. The van der Waals surface area contributed by atoms with Crippen molar-refractivity contribution in [2.75, 3.05) is 13.1 Å². The molecule has 1 aromatic heterocycles. The Morgan fingerprint density at radius 1 is 1.03 bits per heavy atom. The Morgan fingerprint density at radius 2 is 1.69 bits per heavy atom. The zero-order chi connectivity index (χ0) is 22.9. The van der Waals surface area contributed by atoms with Crippen LogP contribution >= 0.6 is 0 Å². The van der Waals surface area contributed by atoms with E-state index >= 15 is 0 Å². The summed E-state index contributed by atoms with van der Waals surface area (Å²) in [5.74, 6) is -4.57. The predicted octanol–water partition coefficient (Wildman–Crippen LogP) is 3.43. The van der Waals surface area contributed by atoms with Gasteiger partial charge in [-0.2, -0.15) is 4.98 Å². The highest BCUT2D eigenvalue weighted by atomic mass is 19.2. The Bertz CT molecular complexity index is 1140. The molecule has 2 N–H and O–H groups in total. The van der Waals surface area contributed by atoms with Crippen LogP contribution in [0.25, 0.3) is 22.8 Å². The number of benzene rings is 2. The van der Waals surface area contributed by atoms with E-state index < -0.39 is 29.0 Å². The fourth-order valence-electron chi connectivity index (χ4n) is 3.75. The van der Waals surface area contributed by atoms with E-state index in [9.17, 15) is 28.6 Å². The van der Waals surface area contributed by atoms with E-state index in [-0.39, 0.29) is 30.1 Å². The molecule has 32 heavy (non-hydrogen) atoms. The molecule has 0 unspecified atom stereocenters. The van der Waals surface area contributed by atoms with Crippen LogP contribution in [0.1, 0.15) is 18.4 Å². The van der Waals surface area contributed by atoms with Gasteiger partial charge in [-0.05, 0) is 30.5 Å². The Balaban J connectivity index is 1.43. The first kappa shape index (κ1) is 21.6. The largest absolute Gasteiger partial charge is 0.480 e. The molecule has 0 amide bonds. The summed E-state index contributed by atoms with van der Waals surface area (Å²) < 4.78 is 32.4. The average Bonchev–Trinajstić information content (AvgIpc) is 3.26. The van der Waals surface area contributed by atoms with E-state index in [0.717, 1.165) is 11.6 Å². The number of nitrogens with zero attached hydrogens (tertiary/aromatic N) is 3. The van der Waals surface area contributed by atoms with Crippen molar-refractivity contribution in [1.82, 2.24) is 15.0 Å². The molecular formula is C22H19F2N3O5. The molecule has 10 heteroatoms. The summed E-state index contributed by atoms with van der Waals surface area (Å²) in [7, 11) is 0. The van der Waals surface area contributed by atoms with Gasteiger partial charge in [-0.1, -0.05) is 35.5 Å². The second-order valence-corrected chi connectivity index (χ2v) is 7.69. The van der Waals surface area contributed by atoms with Crippen molar-refractivity contribution in [2.45, 2.75) is 19.4 Å². The van der Waals surface area contributed by atoms with Crippen LogP contribution in [-0.2, 0) is 16.1 Å². The first-order chi connectivity index (χ1) is 15.3. The van der Waals surface area contributed by atoms with E-state index in [1.54, 1.807) is 12.1 Å². The number of carboxylic acid groups (broad SMARTS) is 2. The van der Waals surface area contributed by atoms with Crippen molar-refractivity contribution in [1.29, 1.82) is 0 Å². The molecular weight excluding hydrogens is 424 g/mol. The van der Waals surface area contributed by atoms with Crippen LogP contribution in [0.15, 0.2) is 47.0 Å². The molecule has 0 spiro atoms. The predicted molar refractivity (Wildman–Crippen MR) is 107 cm³/mol. The van der Waals surface area contributed by atoms with Gasteiger partial charge in [0.2, 0.25) is 5.82 Å². The molecule has 1 aliphatic heterocycles. The summed E-state index contributed by atoms with van der Waals surface area (Å²) in [4.78, 5) is 29.0. The maximum absolute atomic E-state index is 13.9. The summed E-state index contributed by atoms with van der Waals surface area (Å²) in [6, 6.07) is 10.9. The third-order valence-corrected chi connectivity index (χ3v) is 5.75. The third kappa shape index (κ3) is 3.96. The van der Waals surface area contributed by atoms with E-state index in [2.05, 4.69) is 10.1 Å². The number of hydrogen-bond acceptors (Lipinski definition) is 6. The Hall–Kier alpha value is -3.66. The molecule has 2 heterocycles. The van der Waals surface area contributed by atoms with E-state index in [4.69, 9.17) is 4.52 Å². The molecule has 0 radical (unpaired) electrons. The minimum absolute atomic E-state index is 0.0397. The van der Waals surface area contributed by atoms with Crippen LogP contribution in [0.5, 0.6) is 0 Å². The Kier molecular flexibility index (Phi) is 5.70. The molecule has 3 aromatic rings. The fourth-order valence-corrected chi connectivity index (χ4v) is 3.75.